The van der Waals surface area contributed by atoms with Gasteiger partial charge in [0.25, 0.3) is 5.56 Å². The van der Waals surface area contributed by atoms with Crippen LogP contribution >= 0.6 is 11.8 Å². The van der Waals surface area contributed by atoms with Gasteiger partial charge in [0.05, 0.1) is 23.3 Å². The van der Waals surface area contributed by atoms with Crippen molar-refractivity contribution in [2.24, 2.45) is 0 Å². The molecule has 3 atom stereocenters. The number of nitrogens with zero attached hydrogens (tertiary/aromatic N) is 1. The van der Waals surface area contributed by atoms with Gasteiger partial charge in [-0.25, -0.2) is 4.79 Å². The van der Waals surface area contributed by atoms with Gasteiger partial charge in [0, 0.05) is 18.2 Å². The smallest absolute Gasteiger partial charge is 0.329 e. The summed E-state index contributed by atoms with van der Waals surface area (Å²) < 4.78 is 1.40. The first kappa shape index (κ1) is 12.4. The number of nitrogens with one attached hydrogen (secondary N) is 1. The van der Waals surface area contributed by atoms with E-state index in [1.165, 1.54) is 22.5 Å². The lowest BCUT2D eigenvalue weighted by Crippen LogP contribution is -2.32. The number of hydrogen-bond acceptors (Lipinski definition) is 5. The molecule has 0 bridgehead atoms. The maximum atomic E-state index is 11.6. The third-order valence-corrected chi connectivity index (χ3v) is 4.39. The van der Waals surface area contributed by atoms with Gasteiger partial charge in [-0.1, -0.05) is 0 Å². The molecule has 1 aromatic rings. The fraction of sp³-hybridized carbons (Fsp3) is 0.600. The van der Waals surface area contributed by atoms with Gasteiger partial charge in [-0.15, -0.1) is 11.8 Å². The van der Waals surface area contributed by atoms with Gasteiger partial charge in [0.15, 0.2) is 0 Å². The summed E-state index contributed by atoms with van der Waals surface area (Å²) in [6, 6.07) is 0. The average molecular weight is 258 g/mol. The number of rotatable bonds is 2. The standard InChI is InChI=1S/C10H14N2O4S/c1-5-3-12(10(16)11-9(5)15)8-2-6(14)7(4-13)17-8/h3,6-8,13-14H,2,4H2,1H3,(H,11,15,16)/t6-,7+,8-/m1/s1. The Morgan fingerprint density at radius 2 is 2.29 bits per heavy atom. The molecule has 2 rings (SSSR count). The van der Waals surface area contributed by atoms with E-state index in [4.69, 9.17) is 5.11 Å². The minimum Gasteiger partial charge on any atom is -0.395 e. The Hall–Kier alpha value is -1.05. The second kappa shape index (κ2) is 4.67. The summed E-state index contributed by atoms with van der Waals surface area (Å²) in [5.74, 6) is 0. The minimum absolute atomic E-state index is 0.126. The van der Waals surface area contributed by atoms with Crippen LogP contribution in [-0.4, -0.2) is 37.7 Å². The van der Waals surface area contributed by atoms with Crippen LogP contribution in [0, 0.1) is 6.92 Å². The van der Waals surface area contributed by atoms with Gasteiger partial charge in [-0.2, -0.15) is 0 Å². The van der Waals surface area contributed by atoms with Crippen LogP contribution in [0.4, 0.5) is 0 Å². The van der Waals surface area contributed by atoms with Crippen molar-refractivity contribution < 1.29 is 10.2 Å². The molecule has 1 fully saturated rings. The van der Waals surface area contributed by atoms with Gasteiger partial charge in [0.1, 0.15) is 0 Å². The summed E-state index contributed by atoms with van der Waals surface area (Å²) in [4.78, 5) is 25.1. The molecule has 17 heavy (non-hydrogen) atoms. The molecule has 2 heterocycles. The first-order chi connectivity index (χ1) is 8.02. The van der Waals surface area contributed by atoms with E-state index in [-0.39, 0.29) is 17.2 Å². The molecule has 7 heteroatoms. The van der Waals surface area contributed by atoms with Gasteiger partial charge < -0.3 is 10.2 Å². The van der Waals surface area contributed by atoms with Crippen molar-refractivity contribution in [1.29, 1.82) is 0 Å². The van der Waals surface area contributed by atoms with E-state index in [1.54, 1.807) is 6.92 Å². The van der Waals surface area contributed by atoms with Crippen LogP contribution in [-0.2, 0) is 0 Å². The van der Waals surface area contributed by atoms with Crippen molar-refractivity contribution in [3.8, 4) is 0 Å². The van der Waals surface area contributed by atoms with Crippen molar-refractivity contribution >= 4 is 11.8 Å². The number of aromatic nitrogens is 2. The SMILES string of the molecule is Cc1cn([C@H]2C[C@@H](O)[C@H](CO)S2)c(=O)[nH]c1=O. The van der Waals surface area contributed by atoms with Crippen molar-refractivity contribution in [1.82, 2.24) is 9.55 Å². The normalized spacial score (nSPS) is 28.5. The Morgan fingerprint density at radius 3 is 2.88 bits per heavy atom. The number of aryl methyl sites for hydroxylation is 1. The molecule has 0 spiro atoms. The highest BCUT2D eigenvalue weighted by Gasteiger charge is 2.34. The van der Waals surface area contributed by atoms with E-state index in [2.05, 4.69) is 4.98 Å². The largest absolute Gasteiger partial charge is 0.395 e. The van der Waals surface area contributed by atoms with Crippen molar-refractivity contribution in [2.45, 2.75) is 30.1 Å². The van der Waals surface area contributed by atoms with Gasteiger partial charge in [0.2, 0.25) is 0 Å². The first-order valence-electron chi connectivity index (χ1n) is 5.29. The molecule has 1 aromatic heterocycles. The van der Waals surface area contributed by atoms with Crippen LogP contribution in [0.25, 0.3) is 0 Å². The predicted molar refractivity (Wildman–Crippen MR) is 64.2 cm³/mol. The molecular formula is C10H14N2O4S. The molecule has 0 saturated carbocycles. The highest BCUT2D eigenvalue weighted by Crippen LogP contribution is 2.40. The maximum absolute atomic E-state index is 11.6. The molecule has 1 aliphatic rings. The van der Waals surface area contributed by atoms with Crippen molar-refractivity contribution in [3.63, 3.8) is 0 Å². The zero-order valence-corrected chi connectivity index (χ0v) is 10.1. The lowest BCUT2D eigenvalue weighted by atomic mass is 10.2. The number of aromatic amines is 1. The Labute approximate surface area is 101 Å². The average Bonchev–Trinajstić information content (AvgIpc) is 2.65. The number of aliphatic hydroxyl groups is 2. The quantitative estimate of drug-likeness (QED) is 0.645. The second-order valence-electron chi connectivity index (χ2n) is 4.09. The van der Waals surface area contributed by atoms with Gasteiger partial charge in [-0.3, -0.25) is 14.3 Å². The maximum Gasteiger partial charge on any atom is 0.329 e. The van der Waals surface area contributed by atoms with E-state index >= 15 is 0 Å². The highest BCUT2D eigenvalue weighted by molar-refractivity contribution is 8.00. The summed E-state index contributed by atoms with van der Waals surface area (Å²) in [6.07, 6.45) is 1.25. The lowest BCUT2D eigenvalue weighted by molar-refractivity contribution is 0.137. The molecule has 0 radical (unpaired) electrons. The highest BCUT2D eigenvalue weighted by atomic mass is 32.2. The zero-order valence-electron chi connectivity index (χ0n) is 9.29. The third-order valence-electron chi connectivity index (χ3n) is 2.84. The molecule has 6 nitrogen and oxygen atoms in total. The first-order valence-corrected chi connectivity index (χ1v) is 6.23. The third kappa shape index (κ3) is 2.31. The molecule has 1 aliphatic heterocycles. The van der Waals surface area contributed by atoms with E-state index in [1.807, 2.05) is 0 Å². The molecule has 0 unspecified atom stereocenters. The number of aliphatic hydroxyl groups excluding tert-OH is 2. The molecule has 0 amide bonds. The Morgan fingerprint density at radius 1 is 1.59 bits per heavy atom. The van der Waals surface area contributed by atoms with E-state index < -0.39 is 17.4 Å². The van der Waals surface area contributed by atoms with Crippen LogP contribution in [0.3, 0.4) is 0 Å². The molecular weight excluding hydrogens is 244 g/mol. The summed E-state index contributed by atoms with van der Waals surface area (Å²) in [5, 5.41) is 18.2. The van der Waals surface area contributed by atoms with E-state index in [0.29, 0.717) is 12.0 Å². The predicted octanol–water partition coefficient (Wildman–Crippen LogP) is -0.798. The van der Waals surface area contributed by atoms with Crippen molar-refractivity contribution in [3.05, 3.63) is 32.6 Å². The Bertz CT molecular complexity index is 524. The summed E-state index contributed by atoms with van der Waals surface area (Å²) >= 11 is 1.34. The lowest BCUT2D eigenvalue weighted by Gasteiger charge is -2.13. The van der Waals surface area contributed by atoms with Crippen LogP contribution < -0.4 is 11.2 Å². The summed E-state index contributed by atoms with van der Waals surface area (Å²) in [5.41, 5.74) is -0.426. The van der Waals surface area contributed by atoms with E-state index in [0.717, 1.165) is 0 Å². The van der Waals surface area contributed by atoms with Crippen LogP contribution in [0.1, 0.15) is 17.4 Å². The minimum atomic E-state index is -0.630. The van der Waals surface area contributed by atoms with Crippen molar-refractivity contribution in [2.75, 3.05) is 6.61 Å². The van der Waals surface area contributed by atoms with E-state index in [9.17, 15) is 14.7 Å². The molecule has 94 valence electrons. The Balaban J connectivity index is 2.34. The summed E-state index contributed by atoms with van der Waals surface area (Å²) in [6.45, 7) is 1.49. The van der Waals surface area contributed by atoms with Crippen LogP contribution in [0.2, 0.25) is 0 Å². The molecule has 1 saturated heterocycles. The van der Waals surface area contributed by atoms with Crippen LogP contribution in [0.15, 0.2) is 15.8 Å². The van der Waals surface area contributed by atoms with Gasteiger partial charge >= 0.3 is 5.69 Å². The number of thioether (sulfide) groups is 1. The Kier molecular flexibility index (Phi) is 3.41. The van der Waals surface area contributed by atoms with Gasteiger partial charge in [-0.05, 0) is 6.92 Å². The monoisotopic (exact) mass is 258 g/mol. The summed E-state index contributed by atoms with van der Waals surface area (Å²) in [7, 11) is 0. The molecule has 0 aromatic carbocycles. The number of hydrogen-bond donors (Lipinski definition) is 3. The fourth-order valence-corrected chi connectivity index (χ4v) is 3.23. The topological polar surface area (TPSA) is 95.3 Å². The van der Waals surface area contributed by atoms with Crippen LogP contribution in [0.5, 0.6) is 0 Å². The zero-order chi connectivity index (χ0) is 12.6. The second-order valence-corrected chi connectivity index (χ2v) is 5.52. The molecule has 3 N–H and O–H groups in total. The number of H-pyrrole nitrogens is 1. The fourth-order valence-electron chi connectivity index (χ4n) is 1.85. The molecule has 0 aliphatic carbocycles.